The molecule has 0 bridgehead atoms. The van der Waals surface area contributed by atoms with Crippen molar-refractivity contribution in [2.45, 2.75) is 105 Å². The van der Waals surface area contributed by atoms with Crippen molar-refractivity contribution in [1.29, 1.82) is 0 Å². The predicted molar refractivity (Wildman–Crippen MR) is 119 cm³/mol. The van der Waals surface area contributed by atoms with Crippen molar-refractivity contribution in [3.8, 4) is 0 Å². The molecule has 0 heterocycles. The number of hydrogen-bond donors (Lipinski definition) is 1. The molecule has 5 nitrogen and oxygen atoms in total. The molecule has 0 rings (SSSR count). The van der Waals surface area contributed by atoms with Crippen molar-refractivity contribution in [1.82, 2.24) is 5.32 Å². The van der Waals surface area contributed by atoms with Gasteiger partial charge < -0.3 is 18.6 Å². The van der Waals surface area contributed by atoms with E-state index in [1.54, 1.807) is 0 Å². The van der Waals surface area contributed by atoms with E-state index in [9.17, 15) is 4.79 Å². The molecular formula is C22H47NO4Si. The summed E-state index contributed by atoms with van der Waals surface area (Å²) in [5, 5.41) is 3.12. The Balaban J connectivity index is 4.20. The lowest BCUT2D eigenvalue weighted by Gasteiger charge is -2.32. The summed E-state index contributed by atoms with van der Waals surface area (Å²) in [5.41, 5.74) is -0.0145. The van der Waals surface area contributed by atoms with Crippen LogP contribution in [0.5, 0.6) is 0 Å². The average Bonchev–Trinajstić information content (AvgIpc) is 2.65. The molecule has 0 unspecified atom stereocenters. The number of amides is 1. The van der Waals surface area contributed by atoms with Gasteiger partial charge in [0.2, 0.25) is 5.91 Å². The first kappa shape index (κ1) is 27.6. The average molecular weight is 418 g/mol. The first-order valence-corrected chi connectivity index (χ1v) is 13.5. The maximum absolute atomic E-state index is 12.2. The van der Waals surface area contributed by atoms with Gasteiger partial charge in [-0.1, -0.05) is 59.3 Å². The van der Waals surface area contributed by atoms with Crippen LogP contribution in [-0.2, 0) is 18.1 Å². The monoisotopic (exact) mass is 417 g/mol. The van der Waals surface area contributed by atoms with Crippen molar-refractivity contribution >= 4 is 14.7 Å². The molecule has 0 aliphatic carbocycles. The Hall–Kier alpha value is -0.433. The first-order chi connectivity index (χ1) is 13.3. The van der Waals surface area contributed by atoms with E-state index < -0.39 is 8.80 Å². The molecule has 0 spiro atoms. The lowest BCUT2D eigenvalue weighted by Crippen LogP contribution is -2.47. The van der Waals surface area contributed by atoms with Gasteiger partial charge in [-0.05, 0) is 39.0 Å². The summed E-state index contributed by atoms with van der Waals surface area (Å²) in [6.45, 7) is 15.0. The third-order valence-corrected chi connectivity index (χ3v) is 8.02. The molecule has 1 amide bonds. The van der Waals surface area contributed by atoms with E-state index in [4.69, 9.17) is 13.3 Å². The maximum Gasteiger partial charge on any atom is 0.500 e. The van der Waals surface area contributed by atoms with Crippen LogP contribution in [-0.4, -0.2) is 41.1 Å². The van der Waals surface area contributed by atoms with Gasteiger partial charge in [0.15, 0.2) is 0 Å². The van der Waals surface area contributed by atoms with Gasteiger partial charge in [-0.3, -0.25) is 4.79 Å². The number of hydrogen-bond acceptors (Lipinski definition) is 4. The van der Waals surface area contributed by atoms with Crippen LogP contribution < -0.4 is 5.32 Å². The van der Waals surface area contributed by atoms with Gasteiger partial charge in [0.05, 0.1) is 0 Å². The fraction of sp³-hybridized carbons (Fsp3) is 0.955. The van der Waals surface area contributed by atoms with E-state index in [-0.39, 0.29) is 11.3 Å². The Morgan fingerprint density at radius 3 is 1.82 bits per heavy atom. The number of unbranched alkanes of at least 4 members (excludes halogenated alkanes) is 6. The lowest BCUT2D eigenvalue weighted by atomic mass is 9.90. The summed E-state index contributed by atoms with van der Waals surface area (Å²) < 4.78 is 17.8. The summed E-state index contributed by atoms with van der Waals surface area (Å²) in [7, 11) is -2.61. The summed E-state index contributed by atoms with van der Waals surface area (Å²) in [6.07, 6.45) is 10.2. The van der Waals surface area contributed by atoms with Crippen LogP contribution in [0.15, 0.2) is 0 Å². The topological polar surface area (TPSA) is 56.8 Å². The van der Waals surface area contributed by atoms with Crippen LogP contribution in [0.4, 0.5) is 0 Å². The Bertz CT molecular complexity index is 374. The second-order valence-corrected chi connectivity index (χ2v) is 11.0. The molecule has 0 aliphatic heterocycles. The highest BCUT2D eigenvalue weighted by atomic mass is 28.4. The fourth-order valence-corrected chi connectivity index (χ4v) is 6.24. The van der Waals surface area contributed by atoms with Gasteiger partial charge in [-0.2, -0.15) is 0 Å². The van der Waals surface area contributed by atoms with Crippen molar-refractivity contribution in [2.75, 3.05) is 26.4 Å². The highest BCUT2D eigenvalue weighted by Gasteiger charge is 2.41. The highest BCUT2D eigenvalue weighted by Crippen LogP contribution is 2.28. The van der Waals surface area contributed by atoms with Crippen LogP contribution in [0.1, 0.15) is 99.3 Å². The van der Waals surface area contributed by atoms with Crippen LogP contribution in [0.2, 0.25) is 6.04 Å². The van der Waals surface area contributed by atoms with Gasteiger partial charge in [-0.25, -0.2) is 0 Å². The second kappa shape index (κ2) is 16.4. The first-order valence-electron chi connectivity index (χ1n) is 11.5. The molecule has 0 fully saturated rings. The SMILES string of the molecule is CCCCCCCCCC(=O)NCC(C)(C)CC[Si](OCC)(OCC)OCC. The Kier molecular flexibility index (Phi) is 16.1. The van der Waals surface area contributed by atoms with E-state index in [2.05, 4.69) is 26.1 Å². The predicted octanol–water partition coefficient (Wildman–Crippen LogP) is 5.71. The van der Waals surface area contributed by atoms with Crippen molar-refractivity contribution < 1.29 is 18.1 Å². The summed E-state index contributed by atoms with van der Waals surface area (Å²) in [6, 6.07) is 0.781. The van der Waals surface area contributed by atoms with Gasteiger partial charge in [-0.15, -0.1) is 0 Å². The third kappa shape index (κ3) is 13.7. The van der Waals surface area contributed by atoms with E-state index in [1.807, 2.05) is 20.8 Å². The number of nitrogens with one attached hydrogen (secondary N) is 1. The summed E-state index contributed by atoms with van der Waals surface area (Å²) in [4.78, 5) is 12.2. The van der Waals surface area contributed by atoms with Crippen molar-refractivity contribution in [3.63, 3.8) is 0 Å². The molecule has 168 valence electrons. The van der Waals surface area contributed by atoms with Crippen molar-refractivity contribution in [2.24, 2.45) is 5.41 Å². The minimum atomic E-state index is -2.61. The highest BCUT2D eigenvalue weighted by molar-refractivity contribution is 6.60. The van der Waals surface area contributed by atoms with Gasteiger partial charge in [0.25, 0.3) is 0 Å². The van der Waals surface area contributed by atoms with Crippen LogP contribution in [0.25, 0.3) is 0 Å². The Morgan fingerprint density at radius 1 is 0.821 bits per heavy atom. The summed E-state index contributed by atoms with van der Waals surface area (Å²) >= 11 is 0. The summed E-state index contributed by atoms with van der Waals surface area (Å²) in [5.74, 6) is 0.171. The molecule has 0 aliphatic rings. The van der Waals surface area contributed by atoms with E-state index >= 15 is 0 Å². The van der Waals surface area contributed by atoms with Crippen LogP contribution >= 0.6 is 0 Å². The number of rotatable bonds is 19. The molecule has 0 aromatic rings. The maximum atomic E-state index is 12.2. The standard InChI is InChI=1S/C22H47NO4Si/c1-7-11-12-13-14-15-16-17-21(24)23-20-22(5,6)18-19-28(25-8-2,26-9-3)27-10-4/h7-20H2,1-6H3,(H,23,24). The molecule has 0 radical (unpaired) electrons. The van der Waals surface area contributed by atoms with Gasteiger partial charge in [0.1, 0.15) is 0 Å². The Labute approximate surface area is 175 Å². The van der Waals surface area contributed by atoms with Crippen LogP contribution in [0, 0.1) is 5.41 Å². The molecule has 0 aromatic heterocycles. The Morgan fingerprint density at radius 2 is 1.32 bits per heavy atom. The number of carbonyl (C=O) groups excluding carboxylic acids is 1. The molecule has 0 atom stereocenters. The molecule has 28 heavy (non-hydrogen) atoms. The third-order valence-electron chi connectivity index (χ3n) is 4.97. The molecule has 6 heteroatoms. The molecule has 0 saturated heterocycles. The zero-order chi connectivity index (χ0) is 21.3. The van der Waals surface area contributed by atoms with E-state index in [1.165, 1.54) is 32.1 Å². The zero-order valence-corrected chi connectivity index (χ0v) is 20.5. The molecule has 0 saturated carbocycles. The molecule has 1 N–H and O–H groups in total. The van der Waals surface area contributed by atoms with E-state index in [0.717, 1.165) is 25.3 Å². The fourth-order valence-electron chi connectivity index (χ4n) is 3.25. The lowest BCUT2D eigenvalue weighted by molar-refractivity contribution is -0.121. The minimum absolute atomic E-state index is 0.0145. The van der Waals surface area contributed by atoms with Gasteiger partial charge in [0, 0.05) is 38.8 Å². The quantitative estimate of drug-likeness (QED) is 0.216. The normalized spacial score (nSPS) is 12.4. The van der Waals surface area contributed by atoms with Gasteiger partial charge >= 0.3 is 8.80 Å². The number of carbonyl (C=O) groups is 1. The largest absolute Gasteiger partial charge is 0.500 e. The zero-order valence-electron chi connectivity index (χ0n) is 19.5. The minimum Gasteiger partial charge on any atom is -0.374 e. The van der Waals surface area contributed by atoms with Crippen molar-refractivity contribution in [3.05, 3.63) is 0 Å². The van der Waals surface area contributed by atoms with E-state index in [0.29, 0.717) is 32.8 Å². The smallest absolute Gasteiger partial charge is 0.374 e. The second-order valence-electron chi connectivity index (χ2n) is 8.29. The molecule has 0 aromatic carbocycles. The molecular weight excluding hydrogens is 370 g/mol. The van der Waals surface area contributed by atoms with Crippen LogP contribution in [0.3, 0.4) is 0 Å².